The molecule has 0 bridgehead atoms. The second-order valence-corrected chi connectivity index (χ2v) is 9.22. The number of halogens is 2. The van der Waals surface area contributed by atoms with Crippen molar-refractivity contribution in [2.75, 3.05) is 36.9 Å². The third kappa shape index (κ3) is 6.50. The molecule has 2 aromatic carbocycles. The van der Waals surface area contributed by atoms with Crippen LogP contribution in [0.4, 0.5) is 16.2 Å². The van der Waals surface area contributed by atoms with Gasteiger partial charge in [0.25, 0.3) is 0 Å². The Kier molecular flexibility index (Phi) is 8.44. The molecule has 2 N–H and O–H groups in total. The predicted octanol–water partition coefficient (Wildman–Crippen LogP) is 5.94. The number of hydroxylamine groups is 2. The number of hydrogen-bond acceptors (Lipinski definition) is 5. The summed E-state index contributed by atoms with van der Waals surface area (Å²) in [5.74, 6) is 0.697. The molecule has 180 valence electrons. The topological polar surface area (TPSA) is 80.7 Å². The SMILES string of the molecule is Cn1ncc(Br)c1-c1cc(NC(=O)Nc2ccc(Cl)cc2)ccc1OCCN1CCCCCO1. The first-order chi connectivity index (χ1) is 16.5. The van der Waals surface area contributed by atoms with Crippen LogP contribution in [0.3, 0.4) is 0 Å². The zero-order valence-electron chi connectivity index (χ0n) is 18.9. The summed E-state index contributed by atoms with van der Waals surface area (Å²) in [6, 6.07) is 12.1. The summed E-state index contributed by atoms with van der Waals surface area (Å²) in [5, 5.41) is 12.6. The minimum Gasteiger partial charge on any atom is -0.491 e. The zero-order chi connectivity index (χ0) is 23.9. The summed E-state index contributed by atoms with van der Waals surface area (Å²) in [6.07, 6.45) is 5.15. The molecule has 34 heavy (non-hydrogen) atoms. The van der Waals surface area contributed by atoms with Gasteiger partial charge in [0.2, 0.25) is 0 Å². The molecule has 3 aromatic rings. The van der Waals surface area contributed by atoms with Gasteiger partial charge >= 0.3 is 6.03 Å². The van der Waals surface area contributed by atoms with Gasteiger partial charge in [0.15, 0.2) is 0 Å². The van der Waals surface area contributed by atoms with E-state index in [1.165, 1.54) is 6.42 Å². The summed E-state index contributed by atoms with van der Waals surface area (Å²) < 4.78 is 8.75. The van der Waals surface area contributed by atoms with E-state index in [1.54, 1.807) is 35.1 Å². The number of nitrogens with one attached hydrogen (secondary N) is 2. The third-order valence-corrected chi connectivity index (χ3v) is 6.25. The number of nitrogens with zero attached hydrogens (tertiary/aromatic N) is 3. The monoisotopic (exact) mass is 547 g/mol. The Balaban J connectivity index is 1.48. The summed E-state index contributed by atoms with van der Waals surface area (Å²) in [7, 11) is 1.86. The van der Waals surface area contributed by atoms with E-state index in [0.717, 1.165) is 41.7 Å². The average Bonchev–Trinajstić information content (AvgIpc) is 2.99. The van der Waals surface area contributed by atoms with Crippen LogP contribution in [0.2, 0.25) is 5.02 Å². The highest BCUT2D eigenvalue weighted by Crippen LogP contribution is 2.36. The molecule has 4 rings (SSSR count). The molecule has 2 heterocycles. The number of hydrogen-bond donors (Lipinski definition) is 2. The Morgan fingerprint density at radius 3 is 2.68 bits per heavy atom. The van der Waals surface area contributed by atoms with E-state index in [4.69, 9.17) is 21.2 Å². The minimum atomic E-state index is -0.357. The van der Waals surface area contributed by atoms with Crippen LogP contribution in [-0.2, 0) is 11.9 Å². The summed E-state index contributed by atoms with van der Waals surface area (Å²) in [4.78, 5) is 18.3. The number of aromatic nitrogens is 2. The van der Waals surface area contributed by atoms with E-state index in [1.807, 2.05) is 30.3 Å². The van der Waals surface area contributed by atoms with Crippen LogP contribution in [-0.4, -0.2) is 47.2 Å². The third-order valence-electron chi connectivity index (χ3n) is 5.41. The van der Waals surface area contributed by atoms with Gasteiger partial charge in [0.1, 0.15) is 12.4 Å². The van der Waals surface area contributed by atoms with E-state index in [2.05, 4.69) is 31.7 Å². The van der Waals surface area contributed by atoms with E-state index >= 15 is 0 Å². The average molecular weight is 549 g/mol. The molecule has 0 radical (unpaired) electrons. The Morgan fingerprint density at radius 1 is 1.15 bits per heavy atom. The molecule has 0 aliphatic carbocycles. The summed E-state index contributed by atoms with van der Waals surface area (Å²) in [6.45, 7) is 2.82. The maximum atomic E-state index is 12.5. The number of anilines is 2. The van der Waals surface area contributed by atoms with Gasteiger partial charge in [0, 0.05) is 35.6 Å². The molecule has 1 aliphatic rings. The molecule has 2 amide bonds. The van der Waals surface area contributed by atoms with Crippen LogP contribution in [0, 0.1) is 0 Å². The van der Waals surface area contributed by atoms with Crippen molar-refractivity contribution in [3.8, 4) is 17.0 Å². The lowest BCUT2D eigenvalue weighted by Crippen LogP contribution is -2.28. The molecule has 0 saturated carbocycles. The first kappa shape index (κ1) is 24.5. The van der Waals surface area contributed by atoms with Crippen molar-refractivity contribution in [3.05, 3.63) is 58.2 Å². The Morgan fingerprint density at radius 2 is 1.91 bits per heavy atom. The van der Waals surface area contributed by atoms with Crippen molar-refractivity contribution >= 4 is 44.9 Å². The normalized spacial score (nSPS) is 14.4. The Labute approximate surface area is 212 Å². The standard InChI is InChI=1S/C24H27BrClN5O3/c1-30-23(21(25)16-27-30)20-15-19(29-24(32)28-18-7-5-17(26)6-8-18)9-10-22(20)33-14-12-31-11-3-2-4-13-34-31/h5-10,15-16H,2-4,11-14H2,1H3,(H2,28,29,32). The van der Waals surface area contributed by atoms with Crippen molar-refractivity contribution < 1.29 is 14.4 Å². The molecular formula is C24H27BrClN5O3. The van der Waals surface area contributed by atoms with Gasteiger partial charge in [-0.2, -0.15) is 10.2 Å². The van der Waals surface area contributed by atoms with Crippen LogP contribution >= 0.6 is 27.5 Å². The highest BCUT2D eigenvalue weighted by molar-refractivity contribution is 9.10. The van der Waals surface area contributed by atoms with Crippen LogP contribution in [0.15, 0.2) is 53.1 Å². The molecule has 0 spiro atoms. The van der Waals surface area contributed by atoms with Gasteiger partial charge in [-0.05, 0) is 77.7 Å². The van der Waals surface area contributed by atoms with Gasteiger partial charge in [0.05, 0.1) is 29.5 Å². The van der Waals surface area contributed by atoms with E-state index in [-0.39, 0.29) is 6.03 Å². The molecule has 1 aliphatic heterocycles. The van der Waals surface area contributed by atoms with Gasteiger partial charge < -0.3 is 15.4 Å². The molecule has 1 fully saturated rings. The minimum absolute atomic E-state index is 0.357. The second kappa shape index (κ2) is 11.7. The smallest absolute Gasteiger partial charge is 0.323 e. The fourth-order valence-electron chi connectivity index (χ4n) is 3.72. The number of carbonyl (C=O) groups excluding carboxylic acids is 1. The van der Waals surface area contributed by atoms with Crippen molar-refractivity contribution in [1.29, 1.82) is 0 Å². The fourth-order valence-corrected chi connectivity index (χ4v) is 4.41. The molecule has 8 nitrogen and oxygen atoms in total. The molecule has 10 heteroatoms. The highest BCUT2D eigenvalue weighted by Gasteiger charge is 2.17. The summed E-state index contributed by atoms with van der Waals surface area (Å²) in [5.41, 5.74) is 2.93. The number of aryl methyl sites for hydroxylation is 1. The molecule has 1 saturated heterocycles. The lowest BCUT2D eigenvalue weighted by molar-refractivity contribution is -0.155. The number of benzene rings is 2. The Bertz CT molecular complexity index is 1090. The molecular weight excluding hydrogens is 522 g/mol. The van der Waals surface area contributed by atoms with Crippen molar-refractivity contribution in [3.63, 3.8) is 0 Å². The summed E-state index contributed by atoms with van der Waals surface area (Å²) >= 11 is 9.49. The van der Waals surface area contributed by atoms with Gasteiger partial charge in [-0.15, -0.1) is 0 Å². The van der Waals surface area contributed by atoms with Crippen LogP contribution in [0.5, 0.6) is 5.75 Å². The predicted molar refractivity (Wildman–Crippen MR) is 137 cm³/mol. The van der Waals surface area contributed by atoms with Crippen molar-refractivity contribution in [1.82, 2.24) is 14.8 Å². The van der Waals surface area contributed by atoms with Crippen LogP contribution in [0.25, 0.3) is 11.3 Å². The van der Waals surface area contributed by atoms with Crippen LogP contribution in [0.1, 0.15) is 19.3 Å². The number of carbonyl (C=O) groups is 1. The Hall–Kier alpha value is -2.59. The molecule has 1 aromatic heterocycles. The molecule has 0 atom stereocenters. The van der Waals surface area contributed by atoms with Gasteiger partial charge in [-0.1, -0.05) is 11.6 Å². The first-order valence-corrected chi connectivity index (χ1v) is 12.3. The lowest BCUT2D eigenvalue weighted by atomic mass is 10.1. The number of amides is 2. The van der Waals surface area contributed by atoms with Crippen LogP contribution < -0.4 is 15.4 Å². The molecule has 0 unspecified atom stereocenters. The number of ether oxygens (including phenoxy) is 1. The number of urea groups is 1. The second-order valence-electron chi connectivity index (χ2n) is 7.93. The first-order valence-electron chi connectivity index (χ1n) is 11.2. The lowest BCUT2D eigenvalue weighted by Gasteiger charge is -2.20. The van der Waals surface area contributed by atoms with Gasteiger partial charge in [-0.3, -0.25) is 9.52 Å². The largest absolute Gasteiger partial charge is 0.491 e. The van der Waals surface area contributed by atoms with Crippen molar-refractivity contribution in [2.45, 2.75) is 19.3 Å². The van der Waals surface area contributed by atoms with E-state index in [9.17, 15) is 4.79 Å². The van der Waals surface area contributed by atoms with E-state index < -0.39 is 0 Å². The van der Waals surface area contributed by atoms with Crippen molar-refractivity contribution in [2.24, 2.45) is 7.05 Å². The highest BCUT2D eigenvalue weighted by atomic mass is 79.9. The maximum absolute atomic E-state index is 12.5. The number of rotatable bonds is 7. The van der Waals surface area contributed by atoms with Gasteiger partial charge in [-0.25, -0.2) is 4.79 Å². The quantitative estimate of drug-likeness (QED) is 0.382. The maximum Gasteiger partial charge on any atom is 0.323 e. The van der Waals surface area contributed by atoms with E-state index in [0.29, 0.717) is 35.3 Å². The zero-order valence-corrected chi connectivity index (χ0v) is 21.2. The fraction of sp³-hybridized carbons (Fsp3) is 0.333.